The van der Waals surface area contributed by atoms with Crippen LogP contribution in [0.15, 0.2) is 24.3 Å². The number of benzene rings is 1. The van der Waals surface area contributed by atoms with Crippen LogP contribution < -0.4 is 0 Å². The fourth-order valence-electron chi connectivity index (χ4n) is 4.25. The lowest BCUT2D eigenvalue weighted by Gasteiger charge is -2.40. The Hall–Kier alpha value is -1.55. The molecule has 0 bridgehead atoms. The lowest BCUT2D eigenvalue weighted by atomic mass is 9.96. The van der Waals surface area contributed by atoms with Crippen LogP contribution >= 0.6 is 0 Å². The van der Waals surface area contributed by atoms with Gasteiger partial charge in [-0.1, -0.05) is 31.4 Å². The van der Waals surface area contributed by atoms with Crippen LogP contribution in [0, 0.1) is 10.1 Å². The molecule has 0 aromatic heterocycles. The van der Waals surface area contributed by atoms with Crippen molar-refractivity contribution in [1.82, 2.24) is 13.5 Å². The van der Waals surface area contributed by atoms with Gasteiger partial charge in [0.25, 0.3) is 15.9 Å². The summed E-state index contributed by atoms with van der Waals surface area (Å²) < 4.78 is 29.2. The molecule has 8 nitrogen and oxygen atoms in total. The van der Waals surface area contributed by atoms with E-state index in [0.717, 1.165) is 31.2 Å². The number of nitro benzene ring substituents is 1. The Morgan fingerprint density at radius 3 is 2.39 bits per heavy atom. The zero-order chi connectivity index (χ0) is 20.3. The highest BCUT2D eigenvalue weighted by Gasteiger charge is 2.35. The predicted octanol–water partition coefficient (Wildman–Crippen LogP) is 2.78. The summed E-state index contributed by atoms with van der Waals surface area (Å²) in [6.07, 6.45) is 5.27. The van der Waals surface area contributed by atoms with Crippen LogP contribution in [0.2, 0.25) is 0 Å². The molecular weight excluding hydrogens is 380 g/mol. The third-order valence-electron chi connectivity index (χ3n) is 6.16. The minimum atomic E-state index is -3.44. The van der Waals surface area contributed by atoms with Gasteiger partial charge in [-0.3, -0.25) is 15.0 Å². The first-order valence-corrected chi connectivity index (χ1v) is 11.4. The summed E-state index contributed by atoms with van der Waals surface area (Å²) in [6.45, 7) is 4.12. The minimum Gasteiger partial charge on any atom is -0.294 e. The van der Waals surface area contributed by atoms with Crippen molar-refractivity contribution in [1.29, 1.82) is 0 Å². The lowest BCUT2D eigenvalue weighted by Crippen LogP contribution is -2.54. The number of piperazine rings is 1. The molecule has 0 N–H and O–H groups in total. The van der Waals surface area contributed by atoms with Crippen molar-refractivity contribution >= 4 is 15.9 Å². The largest absolute Gasteiger partial charge is 0.294 e. The molecule has 156 valence electrons. The van der Waals surface area contributed by atoms with E-state index in [4.69, 9.17) is 0 Å². The molecule has 1 aromatic rings. The molecule has 1 atom stereocenters. The Morgan fingerprint density at radius 1 is 1.14 bits per heavy atom. The van der Waals surface area contributed by atoms with Crippen LogP contribution in [0.1, 0.15) is 50.6 Å². The normalized spacial score (nSPS) is 21.7. The summed E-state index contributed by atoms with van der Waals surface area (Å²) in [6, 6.07) is 6.79. The number of rotatable bonds is 6. The van der Waals surface area contributed by atoms with E-state index >= 15 is 0 Å². The van der Waals surface area contributed by atoms with Gasteiger partial charge in [-0.2, -0.15) is 17.0 Å². The molecule has 1 aliphatic carbocycles. The summed E-state index contributed by atoms with van der Waals surface area (Å²) in [5.41, 5.74) is 0.963. The van der Waals surface area contributed by atoms with Crippen molar-refractivity contribution < 1.29 is 13.3 Å². The lowest BCUT2D eigenvalue weighted by molar-refractivity contribution is -0.385. The van der Waals surface area contributed by atoms with Crippen molar-refractivity contribution in [2.45, 2.75) is 51.1 Å². The number of non-ortho nitro benzene ring substituents is 1. The SMILES string of the molecule is CC(c1cccc([N+](=O)[O-])c1)N1CCN(S(=O)(=O)N(C)C2CCCCC2)CC1. The van der Waals surface area contributed by atoms with Crippen molar-refractivity contribution in [3.05, 3.63) is 39.9 Å². The zero-order valence-corrected chi connectivity index (χ0v) is 17.5. The van der Waals surface area contributed by atoms with Gasteiger partial charge in [-0.05, 0) is 25.3 Å². The van der Waals surface area contributed by atoms with E-state index in [9.17, 15) is 18.5 Å². The van der Waals surface area contributed by atoms with Gasteiger partial charge in [0.1, 0.15) is 0 Å². The summed E-state index contributed by atoms with van der Waals surface area (Å²) in [7, 11) is -1.73. The quantitative estimate of drug-likeness (QED) is 0.532. The Morgan fingerprint density at radius 2 is 1.79 bits per heavy atom. The third-order valence-corrected chi connectivity index (χ3v) is 8.21. The van der Waals surface area contributed by atoms with E-state index in [-0.39, 0.29) is 22.7 Å². The van der Waals surface area contributed by atoms with Gasteiger partial charge in [-0.15, -0.1) is 0 Å². The Bertz CT molecular complexity index is 787. The van der Waals surface area contributed by atoms with Gasteiger partial charge >= 0.3 is 0 Å². The number of hydrogen-bond acceptors (Lipinski definition) is 5. The van der Waals surface area contributed by atoms with Crippen LogP contribution in [0.5, 0.6) is 0 Å². The molecule has 1 aromatic carbocycles. The Kier molecular flexibility index (Phi) is 6.69. The Labute approximate surface area is 167 Å². The molecule has 1 unspecified atom stereocenters. The maximum atomic E-state index is 13.0. The molecule has 1 saturated carbocycles. The third kappa shape index (κ3) is 4.53. The highest BCUT2D eigenvalue weighted by Crippen LogP contribution is 2.28. The fourth-order valence-corrected chi connectivity index (χ4v) is 5.82. The Balaban J connectivity index is 1.62. The second kappa shape index (κ2) is 8.86. The summed E-state index contributed by atoms with van der Waals surface area (Å²) in [5.74, 6) is 0. The van der Waals surface area contributed by atoms with Crippen LogP contribution in [-0.4, -0.2) is 66.1 Å². The van der Waals surface area contributed by atoms with Crippen molar-refractivity contribution in [2.24, 2.45) is 0 Å². The van der Waals surface area contributed by atoms with Gasteiger partial charge in [0.15, 0.2) is 0 Å². The monoisotopic (exact) mass is 410 g/mol. The second-order valence-corrected chi connectivity index (χ2v) is 9.77. The molecule has 3 rings (SSSR count). The first kappa shape index (κ1) is 21.2. The van der Waals surface area contributed by atoms with E-state index in [0.29, 0.717) is 26.2 Å². The molecule has 0 amide bonds. The average molecular weight is 411 g/mol. The topological polar surface area (TPSA) is 87.0 Å². The highest BCUT2D eigenvalue weighted by molar-refractivity contribution is 7.86. The number of hydrogen-bond donors (Lipinski definition) is 0. The van der Waals surface area contributed by atoms with Crippen molar-refractivity contribution in [2.75, 3.05) is 33.2 Å². The molecule has 2 fully saturated rings. The van der Waals surface area contributed by atoms with Crippen molar-refractivity contribution in [3.8, 4) is 0 Å². The summed E-state index contributed by atoms with van der Waals surface area (Å²) in [4.78, 5) is 12.8. The molecule has 9 heteroatoms. The summed E-state index contributed by atoms with van der Waals surface area (Å²) in [5, 5.41) is 11.0. The van der Waals surface area contributed by atoms with Crippen LogP contribution in [-0.2, 0) is 10.2 Å². The first-order valence-electron chi connectivity index (χ1n) is 10.0. The van der Waals surface area contributed by atoms with E-state index in [1.54, 1.807) is 27.8 Å². The maximum Gasteiger partial charge on any atom is 0.282 e. The molecule has 1 heterocycles. The average Bonchev–Trinajstić information content (AvgIpc) is 2.73. The molecular formula is C19H30N4O4S. The van der Waals surface area contributed by atoms with Crippen LogP contribution in [0.25, 0.3) is 0 Å². The van der Waals surface area contributed by atoms with Gasteiger partial charge in [0.05, 0.1) is 4.92 Å². The van der Waals surface area contributed by atoms with Gasteiger partial charge in [0, 0.05) is 57.4 Å². The standard InChI is InChI=1S/C19H30N4O4S/c1-16(17-7-6-10-19(15-17)23(24)25)21-11-13-22(14-12-21)28(26,27)20(2)18-8-4-3-5-9-18/h6-7,10,15-16,18H,3-5,8-9,11-14H2,1-2H3. The van der Waals surface area contributed by atoms with Gasteiger partial charge in [-0.25, -0.2) is 0 Å². The molecule has 28 heavy (non-hydrogen) atoms. The van der Waals surface area contributed by atoms with Crippen LogP contribution in [0.4, 0.5) is 5.69 Å². The van der Waals surface area contributed by atoms with Crippen molar-refractivity contribution in [3.63, 3.8) is 0 Å². The molecule has 0 spiro atoms. The van der Waals surface area contributed by atoms with Gasteiger partial charge in [0.2, 0.25) is 0 Å². The molecule has 2 aliphatic rings. The maximum absolute atomic E-state index is 13.0. The van der Waals surface area contributed by atoms with Gasteiger partial charge < -0.3 is 0 Å². The van der Waals surface area contributed by atoms with E-state index in [1.165, 1.54) is 12.5 Å². The predicted molar refractivity (Wildman–Crippen MR) is 108 cm³/mol. The number of nitro groups is 1. The molecule has 0 radical (unpaired) electrons. The highest BCUT2D eigenvalue weighted by atomic mass is 32.2. The molecule has 1 saturated heterocycles. The zero-order valence-electron chi connectivity index (χ0n) is 16.7. The first-order chi connectivity index (χ1) is 13.3. The van der Waals surface area contributed by atoms with E-state index in [2.05, 4.69) is 4.90 Å². The summed E-state index contributed by atoms with van der Waals surface area (Å²) >= 11 is 0. The second-order valence-electron chi connectivity index (χ2n) is 7.78. The number of nitrogens with zero attached hydrogens (tertiary/aromatic N) is 4. The van der Waals surface area contributed by atoms with Crippen LogP contribution in [0.3, 0.4) is 0 Å². The molecule has 1 aliphatic heterocycles. The van der Waals surface area contributed by atoms with E-state index in [1.807, 2.05) is 13.0 Å². The minimum absolute atomic E-state index is 0.000767. The smallest absolute Gasteiger partial charge is 0.282 e. The van der Waals surface area contributed by atoms with E-state index < -0.39 is 10.2 Å². The fraction of sp³-hybridized carbons (Fsp3) is 0.684.